The molecule has 0 aliphatic carbocycles. The maximum Gasteiger partial charge on any atom is 0.316 e. The highest BCUT2D eigenvalue weighted by molar-refractivity contribution is 5.78. The Hall–Kier alpha value is -1.58. The van der Waals surface area contributed by atoms with E-state index in [0.29, 0.717) is 11.5 Å². The number of furan rings is 1. The van der Waals surface area contributed by atoms with Gasteiger partial charge in [-0.2, -0.15) is 0 Å². The van der Waals surface area contributed by atoms with E-state index >= 15 is 0 Å². The van der Waals surface area contributed by atoms with Gasteiger partial charge in [-0.15, -0.1) is 0 Å². The third-order valence-electron chi connectivity index (χ3n) is 2.09. The minimum Gasteiger partial charge on any atom is -0.468 e. The first-order valence-corrected chi connectivity index (χ1v) is 4.70. The maximum absolute atomic E-state index is 11.2. The number of esters is 1. The first-order chi connectivity index (χ1) is 7.04. The first kappa shape index (κ1) is 11.5. The van der Waals surface area contributed by atoms with E-state index in [9.17, 15) is 9.59 Å². The van der Waals surface area contributed by atoms with Gasteiger partial charge in [0, 0.05) is 0 Å². The van der Waals surface area contributed by atoms with Crippen molar-refractivity contribution in [3.63, 3.8) is 0 Å². The molecule has 1 aromatic heterocycles. The summed E-state index contributed by atoms with van der Waals surface area (Å²) in [5, 5.41) is 0. The number of carbonyl (C=O) groups is 2. The normalized spacial score (nSPS) is 12.2. The van der Waals surface area contributed by atoms with Crippen molar-refractivity contribution in [3.05, 3.63) is 23.7 Å². The number of methoxy groups -OCH3 is 1. The van der Waals surface area contributed by atoms with Crippen LogP contribution in [-0.2, 0) is 20.7 Å². The van der Waals surface area contributed by atoms with Crippen LogP contribution in [0.2, 0.25) is 0 Å². The van der Waals surface area contributed by atoms with Gasteiger partial charge in [0.15, 0.2) is 0 Å². The summed E-state index contributed by atoms with van der Waals surface area (Å²) in [6, 6.07) is 3.40. The van der Waals surface area contributed by atoms with E-state index in [4.69, 9.17) is 4.42 Å². The first-order valence-electron chi connectivity index (χ1n) is 4.70. The minimum atomic E-state index is -0.435. The van der Waals surface area contributed by atoms with E-state index in [1.165, 1.54) is 14.0 Å². The summed E-state index contributed by atoms with van der Waals surface area (Å²) >= 11 is 0. The van der Waals surface area contributed by atoms with Crippen molar-refractivity contribution >= 4 is 11.8 Å². The molecule has 0 aliphatic rings. The molecule has 1 rings (SSSR count). The second-order valence-corrected chi connectivity index (χ2v) is 3.43. The van der Waals surface area contributed by atoms with E-state index < -0.39 is 5.92 Å². The number of ether oxygens (including phenoxy) is 1. The van der Waals surface area contributed by atoms with Crippen molar-refractivity contribution in [2.75, 3.05) is 7.11 Å². The van der Waals surface area contributed by atoms with Crippen molar-refractivity contribution in [3.8, 4) is 0 Å². The van der Waals surface area contributed by atoms with E-state index in [1.807, 2.05) is 0 Å². The van der Waals surface area contributed by atoms with Gasteiger partial charge in [0.25, 0.3) is 0 Å². The Labute approximate surface area is 88.2 Å². The lowest BCUT2D eigenvalue weighted by molar-refractivity contribution is -0.142. The van der Waals surface area contributed by atoms with Crippen molar-refractivity contribution in [2.45, 2.75) is 26.2 Å². The molecular weight excluding hydrogens is 196 g/mol. The molecule has 0 aromatic carbocycles. The third kappa shape index (κ3) is 2.94. The van der Waals surface area contributed by atoms with Gasteiger partial charge in [-0.3, -0.25) is 9.59 Å². The molecular formula is C11H14O4. The van der Waals surface area contributed by atoms with Crippen LogP contribution in [0.5, 0.6) is 0 Å². The largest absolute Gasteiger partial charge is 0.468 e. The Bertz CT molecular complexity index is 364. The molecule has 0 bridgehead atoms. The fourth-order valence-electron chi connectivity index (χ4n) is 1.26. The molecule has 0 radical (unpaired) electrons. The van der Waals surface area contributed by atoms with Gasteiger partial charge in [-0.1, -0.05) is 0 Å². The summed E-state index contributed by atoms with van der Waals surface area (Å²) in [7, 11) is 1.33. The van der Waals surface area contributed by atoms with Crippen LogP contribution in [0.15, 0.2) is 16.5 Å². The Morgan fingerprint density at radius 2 is 2.13 bits per heavy atom. The molecule has 1 aromatic rings. The summed E-state index contributed by atoms with van der Waals surface area (Å²) in [4.78, 5) is 22.0. The molecule has 0 N–H and O–H groups in total. The molecule has 0 aliphatic heterocycles. The Kier molecular flexibility index (Phi) is 3.66. The summed E-state index contributed by atoms with van der Waals surface area (Å²) in [6.07, 6.45) is 0.258. The van der Waals surface area contributed by atoms with Crippen LogP contribution in [0.4, 0.5) is 0 Å². The molecule has 1 atom stereocenters. The highest BCUT2D eigenvalue weighted by Crippen LogP contribution is 2.19. The molecule has 0 fully saturated rings. The summed E-state index contributed by atoms with van der Waals surface area (Å²) < 4.78 is 9.95. The SMILES string of the molecule is COC(=O)C(C)c1ccc(CC(C)=O)o1. The van der Waals surface area contributed by atoms with Crippen molar-refractivity contribution < 1.29 is 18.7 Å². The maximum atomic E-state index is 11.2. The van der Waals surface area contributed by atoms with Crippen LogP contribution in [0.1, 0.15) is 31.3 Å². The van der Waals surface area contributed by atoms with Gasteiger partial charge >= 0.3 is 5.97 Å². The van der Waals surface area contributed by atoms with Crippen molar-refractivity contribution in [2.24, 2.45) is 0 Å². The van der Waals surface area contributed by atoms with Gasteiger partial charge < -0.3 is 9.15 Å². The second-order valence-electron chi connectivity index (χ2n) is 3.43. The van der Waals surface area contributed by atoms with E-state index in [2.05, 4.69) is 4.74 Å². The quantitative estimate of drug-likeness (QED) is 0.709. The van der Waals surface area contributed by atoms with E-state index in [0.717, 1.165) is 0 Å². The van der Waals surface area contributed by atoms with Gasteiger partial charge in [0.2, 0.25) is 0 Å². The number of hydrogen-bond donors (Lipinski definition) is 0. The predicted molar refractivity (Wildman–Crippen MR) is 53.5 cm³/mol. The Balaban J connectivity index is 2.75. The standard InChI is InChI=1S/C11H14O4/c1-7(12)6-9-4-5-10(15-9)8(2)11(13)14-3/h4-5,8H,6H2,1-3H3. The lowest BCUT2D eigenvalue weighted by Crippen LogP contribution is -2.09. The monoisotopic (exact) mass is 210 g/mol. The van der Waals surface area contributed by atoms with Crippen LogP contribution in [0, 0.1) is 0 Å². The van der Waals surface area contributed by atoms with Crippen molar-refractivity contribution in [1.82, 2.24) is 0 Å². The van der Waals surface area contributed by atoms with Crippen LogP contribution in [0.3, 0.4) is 0 Å². The zero-order valence-corrected chi connectivity index (χ0v) is 9.07. The highest BCUT2D eigenvalue weighted by Gasteiger charge is 2.19. The molecule has 4 nitrogen and oxygen atoms in total. The van der Waals surface area contributed by atoms with E-state index in [-0.39, 0.29) is 18.2 Å². The molecule has 0 spiro atoms. The predicted octanol–water partition coefficient (Wildman–Crippen LogP) is 1.69. The average Bonchev–Trinajstić information content (AvgIpc) is 2.63. The summed E-state index contributed by atoms with van der Waals surface area (Å²) in [5.41, 5.74) is 0. The topological polar surface area (TPSA) is 56.5 Å². The van der Waals surface area contributed by atoms with Gasteiger partial charge in [-0.25, -0.2) is 0 Å². The lowest BCUT2D eigenvalue weighted by atomic mass is 10.1. The molecule has 4 heteroatoms. The van der Waals surface area contributed by atoms with Gasteiger partial charge in [-0.05, 0) is 26.0 Å². The zero-order chi connectivity index (χ0) is 11.4. The number of rotatable bonds is 4. The fourth-order valence-corrected chi connectivity index (χ4v) is 1.26. The van der Waals surface area contributed by atoms with Gasteiger partial charge in [0.1, 0.15) is 23.2 Å². The number of hydrogen-bond acceptors (Lipinski definition) is 4. The van der Waals surface area contributed by atoms with Crippen LogP contribution in [0.25, 0.3) is 0 Å². The highest BCUT2D eigenvalue weighted by atomic mass is 16.5. The van der Waals surface area contributed by atoms with Crippen LogP contribution in [-0.4, -0.2) is 18.9 Å². The third-order valence-corrected chi connectivity index (χ3v) is 2.09. The molecule has 1 unspecified atom stereocenters. The Morgan fingerprint density at radius 1 is 1.47 bits per heavy atom. The molecule has 0 saturated carbocycles. The van der Waals surface area contributed by atoms with Crippen molar-refractivity contribution in [1.29, 1.82) is 0 Å². The van der Waals surface area contributed by atoms with Crippen LogP contribution < -0.4 is 0 Å². The molecule has 0 saturated heterocycles. The Morgan fingerprint density at radius 3 is 2.67 bits per heavy atom. The minimum absolute atomic E-state index is 0.0293. The molecule has 1 heterocycles. The van der Waals surface area contributed by atoms with Gasteiger partial charge in [0.05, 0.1) is 13.5 Å². The second kappa shape index (κ2) is 4.77. The summed E-state index contributed by atoms with van der Waals surface area (Å²) in [5.74, 6) is 0.349. The number of Topliss-reactive ketones (excluding diaryl/α,β-unsaturated/α-hetero) is 1. The summed E-state index contributed by atoms with van der Waals surface area (Å²) in [6.45, 7) is 3.19. The lowest BCUT2D eigenvalue weighted by Gasteiger charge is -2.04. The van der Waals surface area contributed by atoms with E-state index in [1.54, 1.807) is 19.1 Å². The van der Waals surface area contributed by atoms with Crippen LogP contribution >= 0.6 is 0 Å². The smallest absolute Gasteiger partial charge is 0.316 e. The number of ketones is 1. The number of carbonyl (C=O) groups excluding carboxylic acids is 2. The molecule has 15 heavy (non-hydrogen) atoms. The zero-order valence-electron chi connectivity index (χ0n) is 9.07. The average molecular weight is 210 g/mol. The molecule has 0 amide bonds. The molecule has 82 valence electrons. The fraction of sp³-hybridized carbons (Fsp3) is 0.455.